The largest absolute Gasteiger partial charge is 0.490 e. The summed E-state index contributed by atoms with van der Waals surface area (Å²) in [5.41, 5.74) is -0.0250. The number of halogens is 1. The normalized spacial score (nSPS) is 14.1. The van der Waals surface area contributed by atoms with E-state index < -0.39 is 17.2 Å². The van der Waals surface area contributed by atoms with E-state index in [9.17, 15) is 4.79 Å². The van der Waals surface area contributed by atoms with Crippen molar-refractivity contribution < 1.29 is 19.0 Å². The molecule has 1 heterocycles. The Labute approximate surface area is 202 Å². The molecule has 1 aliphatic rings. The molecule has 0 spiro atoms. The Hall–Kier alpha value is -1.91. The Morgan fingerprint density at radius 3 is 2.42 bits per heavy atom. The second-order valence-corrected chi connectivity index (χ2v) is 8.89. The lowest BCUT2D eigenvalue weighted by atomic mass is 10.1. The van der Waals surface area contributed by atoms with Crippen molar-refractivity contribution in [3.05, 3.63) is 23.8 Å². The van der Waals surface area contributed by atoms with Gasteiger partial charge in [0.05, 0.1) is 25.3 Å². The summed E-state index contributed by atoms with van der Waals surface area (Å²) in [6, 6.07) is 5.90. The maximum atomic E-state index is 12.1. The van der Waals surface area contributed by atoms with Crippen molar-refractivity contribution >= 4 is 36.0 Å². The molecule has 0 atom stereocenters. The lowest BCUT2D eigenvalue weighted by molar-refractivity contribution is 0.0474. The molecule has 3 N–H and O–H groups in total. The van der Waals surface area contributed by atoms with Crippen molar-refractivity contribution in [3.63, 3.8) is 0 Å². The number of fused-ring (bicyclic) bond motifs is 1. The van der Waals surface area contributed by atoms with Crippen LogP contribution in [0.4, 0.5) is 4.79 Å². The van der Waals surface area contributed by atoms with E-state index in [4.69, 9.17) is 14.2 Å². The molecular weight excluding hydrogens is 511 g/mol. The van der Waals surface area contributed by atoms with Crippen LogP contribution in [0.1, 0.15) is 53.5 Å². The zero-order chi connectivity index (χ0) is 22.2. The first kappa shape index (κ1) is 27.1. The number of ether oxygens (including phenoxy) is 3. The Balaban J connectivity index is 0.00000480. The molecule has 0 bridgehead atoms. The molecule has 0 aromatic heterocycles. The monoisotopic (exact) mass is 548 g/mol. The van der Waals surface area contributed by atoms with Crippen molar-refractivity contribution in [2.75, 3.05) is 26.3 Å². The van der Waals surface area contributed by atoms with Gasteiger partial charge in [-0.05, 0) is 59.2 Å². The van der Waals surface area contributed by atoms with Gasteiger partial charge in [-0.1, -0.05) is 6.07 Å². The Morgan fingerprint density at radius 1 is 1.10 bits per heavy atom. The van der Waals surface area contributed by atoms with Gasteiger partial charge in [0.15, 0.2) is 17.5 Å². The fourth-order valence-electron chi connectivity index (χ4n) is 2.75. The van der Waals surface area contributed by atoms with E-state index in [1.807, 2.05) is 59.7 Å². The van der Waals surface area contributed by atoms with Crippen LogP contribution in [-0.2, 0) is 11.3 Å². The van der Waals surface area contributed by atoms with Gasteiger partial charge in [0.25, 0.3) is 0 Å². The summed E-state index contributed by atoms with van der Waals surface area (Å²) in [5.74, 6) is 2.21. The molecule has 31 heavy (non-hydrogen) atoms. The molecule has 0 radical (unpaired) electrons. The third kappa shape index (κ3) is 10.3. The van der Waals surface area contributed by atoms with Crippen molar-refractivity contribution in [2.24, 2.45) is 4.99 Å². The molecule has 9 heteroatoms. The molecular formula is C22H37IN4O4. The van der Waals surface area contributed by atoms with Crippen LogP contribution in [0.3, 0.4) is 0 Å². The Bertz CT molecular complexity index is 748. The lowest BCUT2D eigenvalue weighted by Crippen LogP contribution is -2.54. The number of nitrogens with zero attached hydrogens (tertiary/aromatic N) is 1. The SMILES string of the molecule is CCNC(=NCc1ccc2c(c1)OCCCO2)NCC(C)(C)NC(=O)OC(C)(C)C.I. The molecule has 1 aromatic rings. The predicted octanol–water partition coefficient (Wildman–Crippen LogP) is 3.82. The summed E-state index contributed by atoms with van der Waals surface area (Å²) >= 11 is 0. The topological polar surface area (TPSA) is 93.2 Å². The van der Waals surface area contributed by atoms with Crippen molar-refractivity contribution in [2.45, 2.75) is 65.6 Å². The summed E-state index contributed by atoms with van der Waals surface area (Å²) in [6.07, 6.45) is 0.437. The highest BCUT2D eigenvalue weighted by Crippen LogP contribution is 2.30. The van der Waals surface area contributed by atoms with Crippen LogP contribution in [0.25, 0.3) is 0 Å². The van der Waals surface area contributed by atoms with Crippen LogP contribution in [0, 0.1) is 0 Å². The van der Waals surface area contributed by atoms with Gasteiger partial charge < -0.3 is 30.2 Å². The van der Waals surface area contributed by atoms with Crippen LogP contribution in [0.15, 0.2) is 23.2 Å². The highest BCUT2D eigenvalue weighted by molar-refractivity contribution is 14.0. The second-order valence-electron chi connectivity index (χ2n) is 8.89. The smallest absolute Gasteiger partial charge is 0.408 e. The molecule has 1 aromatic carbocycles. The van der Waals surface area contributed by atoms with Crippen LogP contribution in [0.2, 0.25) is 0 Å². The molecule has 0 fully saturated rings. The maximum absolute atomic E-state index is 12.1. The van der Waals surface area contributed by atoms with Gasteiger partial charge in [0, 0.05) is 19.5 Å². The van der Waals surface area contributed by atoms with Crippen molar-refractivity contribution in [1.29, 1.82) is 0 Å². The number of alkyl carbamates (subject to hydrolysis) is 1. The Morgan fingerprint density at radius 2 is 1.77 bits per heavy atom. The van der Waals surface area contributed by atoms with Gasteiger partial charge in [-0.2, -0.15) is 0 Å². The predicted molar refractivity (Wildman–Crippen MR) is 134 cm³/mol. The van der Waals surface area contributed by atoms with E-state index in [1.54, 1.807) is 0 Å². The van der Waals surface area contributed by atoms with Gasteiger partial charge >= 0.3 is 6.09 Å². The van der Waals surface area contributed by atoms with E-state index in [0.717, 1.165) is 30.0 Å². The Kier molecular flexibility index (Phi) is 10.7. The highest BCUT2D eigenvalue weighted by Gasteiger charge is 2.24. The second kappa shape index (κ2) is 12.2. The highest BCUT2D eigenvalue weighted by atomic mass is 127. The average molecular weight is 548 g/mol. The first-order valence-corrected chi connectivity index (χ1v) is 10.5. The van der Waals surface area contributed by atoms with E-state index in [1.165, 1.54) is 0 Å². The zero-order valence-electron chi connectivity index (χ0n) is 19.5. The molecule has 0 unspecified atom stereocenters. The fourth-order valence-corrected chi connectivity index (χ4v) is 2.75. The minimum atomic E-state index is -0.535. The number of carbonyl (C=O) groups is 1. The summed E-state index contributed by atoms with van der Waals surface area (Å²) in [7, 11) is 0. The van der Waals surface area contributed by atoms with Crippen molar-refractivity contribution in [1.82, 2.24) is 16.0 Å². The number of rotatable bonds is 6. The number of aliphatic imine (C=N–C) groups is 1. The molecule has 0 saturated carbocycles. The van der Waals surface area contributed by atoms with Crippen LogP contribution < -0.4 is 25.4 Å². The van der Waals surface area contributed by atoms with Gasteiger partial charge in [0.2, 0.25) is 0 Å². The van der Waals surface area contributed by atoms with E-state index in [0.29, 0.717) is 32.3 Å². The maximum Gasteiger partial charge on any atom is 0.408 e. The minimum Gasteiger partial charge on any atom is -0.490 e. The number of nitrogens with one attached hydrogen (secondary N) is 3. The number of hydrogen-bond acceptors (Lipinski definition) is 5. The van der Waals surface area contributed by atoms with Gasteiger partial charge in [-0.25, -0.2) is 9.79 Å². The first-order chi connectivity index (χ1) is 14.1. The number of carbonyl (C=O) groups excluding carboxylic acids is 1. The average Bonchev–Trinajstić information content (AvgIpc) is 2.86. The van der Waals surface area contributed by atoms with Gasteiger partial charge in [-0.3, -0.25) is 0 Å². The standard InChI is InChI=1S/C22H36N4O4.HI/c1-7-23-19(25-15-22(5,6)26-20(27)30-21(2,3)4)24-14-16-9-10-17-18(13-16)29-12-8-11-28-17;/h9-10,13H,7-8,11-12,14-15H2,1-6H3,(H,26,27)(H2,23,24,25);1H. The number of amides is 1. The molecule has 1 amide bonds. The summed E-state index contributed by atoms with van der Waals surface area (Å²) in [4.78, 5) is 16.7. The molecule has 176 valence electrons. The lowest BCUT2D eigenvalue weighted by Gasteiger charge is -2.29. The van der Waals surface area contributed by atoms with E-state index >= 15 is 0 Å². The number of benzene rings is 1. The fraction of sp³-hybridized carbons (Fsp3) is 0.636. The summed E-state index contributed by atoms with van der Waals surface area (Å²) in [5, 5.41) is 9.40. The quantitative estimate of drug-likeness (QED) is 0.285. The van der Waals surface area contributed by atoms with Gasteiger partial charge in [-0.15, -0.1) is 24.0 Å². The zero-order valence-corrected chi connectivity index (χ0v) is 21.8. The number of guanidine groups is 1. The van der Waals surface area contributed by atoms with E-state index in [-0.39, 0.29) is 24.0 Å². The third-order valence-corrected chi connectivity index (χ3v) is 4.11. The molecule has 8 nitrogen and oxygen atoms in total. The summed E-state index contributed by atoms with van der Waals surface area (Å²) in [6.45, 7) is 14.4. The van der Waals surface area contributed by atoms with Crippen LogP contribution in [0.5, 0.6) is 11.5 Å². The first-order valence-electron chi connectivity index (χ1n) is 10.5. The number of hydrogen-bond donors (Lipinski definition) is 3. The van der Waals surface area contributed by atoms with Gasteiger partial charge in [0.1, 0.15) is 5.60 Å². The molecule has 2 rings (SSSR count). The molecule has 0 saturated heterocycles. The molecule has 0 aliphatic carbocycles. The van der Waals surface area contributed by atoms with Crippen LogP contribution in [-0.4, -0.2) is 49.5 Å². The summed E-state index contributed by atoms with van der Waals surface area (Å²) < 4.78 is 16.8. The third-order valence-electron chi connectivity index (χ3n) is 4.11. The molecule has 1 aliphatic heterocycles. The van der Waals surface area contributed by atoms with Crippen LogP contribution >= 0.6 is 24.0 Å². The van der Waals surface area contributed by atoms with E-state index in [2.05, 4.69) is 20.9 Å². The minimum absolute atomic E-state index is 0. The van der Waals surface area contributed by atoms with Crippen molar-refractivity contribution in [3.8, 4) is 11.5 Å².